The van der Waals surface area contributed by atoms with Gasteiger partial charge in [-0.15, -0.1) is 0 Å². The Morgan fingerprint density at radius 3 is 2.63 bits per heavy atom. The molecule has 2 amide bonds. The second kappa shape index (κ2) is 9.43. The summed E-state index contributed by atoms with van der Waals surface area (Å²) in [7, 11) is 0. The van der Waals surface area contributed by atoms with Crippen molar-refractivity contribution in [3.8, 4) is 5.75 Å². The third-order valence-corrected chi connectivity index (χ3v) is 4.07. The molecule has 0 spiro atoms. The van der Waals surface area contributed by atoms with Crippen LogP contribution in [-0.4, -0.2) is 48.6 Å². The second-order valence-electron chi connectivity index (χ2n) is 6.27. The molecule has 0 aromatic heterocycles. The van der Waals surface area contributed by atoms with E-state index in [1.807, 2.05) is 12.2 Å². The topological polar surface area (TPSA) is 58.6 Å². The van der Waals surface area contributed by atoms with Crippen molar-refractivity contribution in [1.29, 1.82) is 0 Å². The molecule has 1 aliphatic rings. The molecule has 1 aromatic carbocycles. The second-order valence-corrected chi connectivity index (χ2v) is 6.27. The molecule has 1 aromatic rings. The van der Waals surface area contributed by atoms with Gasteiger partial charge in [0.25, 0.3) is 0 Å². The number of benzene rings is 1. The van der Waals surface area contributed by atoms with Crippen LogP contribution in [0.1, 0.15) is 31.7 Å². The van der Waals surface area contributed by atoms with Gasteiger partial charge in [0, 0.05) is 12.6 Å². The molecule has 2 rings (SSSR count). The number of carbonyl (C=O) groups is 2. The first-order chi connectivity index (χ1) is 12.8. The summed E-state index contributed by atoms with van der Waals surface area (Å²) in [5, 5.41) is 1.85. The van der Waals surface area contributed by atoms with E-state index < -0.39 is 30.6 Å². The van der Waals surface area contributed by atoms with E-state index in [1.54, 1.807) is 30.3 Å². The largest absolute Gasteiger partial charge is 0.494 e. The van der Waals surface area contributed by atoms with E-state index in [9.17, 15) is 22.8 Å². The molecular formula is C19H23F3N2O3. The summed E-state index contributed by atoms with van der Waals surface area (Å²) < 4.78 is 42.2. The molecule has 27 heavy (non-hydrogen) atoms. The Labute approximate surface area is 156 Å². The Morgan fingerprint density at radius 2 is 2.00 bits per heavy atom. The third-order valence-electron chi connectivity index (χ3n) is 4.07. The summed E-state index contributed by atoms with van der Waals surface area (Å²) in [6.45, 7) is 1.59. The van der Waals surface area contributed by atoms with Crippen molar-refractivity contribution in [3.63, 3.8) is 0 Å². The normalized spacial score (nSPS) is 17.3. The molecule has 0 aliphatic carbocycles. The lowest BCUT2D eigenvalue weighted by Crippen LogP contribution is -2.47. The molecule has 1 atom stereocenters. The van der Waals surface area contributed by atoms with Crippen LogP contribution < -0.4 is 10.1 Å². The number of ether oxygens (including phenoxy) is 1. The van der Waals surface area contributed by atoms with E-state index in [2.05, 4.69) is 0 Å². The highest BCUT2D eigenvalue weighted by Crippen LogP contribution is 2.20. The molecule has 0 bridgehead atoms. The number of nitrogens with one attached hydrogen (secondary N) is 1. The van der Waals surface area contributed by atoms with E-state index in [-0.39, 0.29) is 0 Å². The highest BCUT2D eigenvalue weighted by atomic mass is 19.4. The quantitative estimate of drug-likeness (QED) is 0.735. The number of hydrogen-bond acceptors (Lipinski definition) is 3. The van der Waals surface area contributed by atoms with E-state index in [0.29, 0.717) is 26.0 Å². The zero-order valence-corrected chi connectivity index (χ0v) is 15.1. The maximum absolute atomic E-state index is 12.4. The Hall–Kier alpha value is -2.51. The Bertz CT molecular complexity index is 672. The molecule has 1 N–H and O–H groups in total. The van der Waals surface area contributed by atoms with Crippen LogP contribution in [0.15, 0.2) is 30.3 Å². The van der Waals surface area contributed by atoms with Gasteiger partial charge in [0.2, 0.25) is 11.8 Å². The number of carbonyl (C=O) groups excluding carboxylic acids is 2. The van der Waals surface area contributed by atoms with Gasteiger partial charge in [-0.3, -0.25) is 9.59 Å². The van der Waals surface area contributed by atoms with Crippen LogP contribution in [0.2, 0.25) is 0 Å². The van der Waals surface area contributed by atoms with Gasteiger partial charge in [-0.2, -0.15) is 13.2 Å². The minimum absolute atomic E-state index is 0.344. The number of rotatable bonds is 7. The fraction of sp³-hybridized carbons (Fsp3) is 0.474. The molecular weight excluding hydrogens is 361 g/mol. The van der Waals surface area contributed by atoms with Crippen molar-refractivity contribution in [2.75, 3.05) is 19.7 Å². The number of amides is 2. The fourth-order valence-electron chi connectivity index (χ4n) is 2.77. The summed E-state index contributed by atoms with van der Waals surface area (Å²) in [5.74, 6) is -0.434. The lowest BCUT2D eigenvalue weighted by atomic mass is 10.2. The molecule has 1 heterocycles. The molecule has 1 fully saturated rings. The van der Waals surface area contributed by atoms with Crippen molar-refractivity contribution >= 4 is 17.9 Å². The Kier molecular flexibility index (Phi) is 7.27. The lowest BCUT2D eigenvalue weighted by molar-refractivity contribution is -0.143. The minimum Gasteiger partial charge on any atom is -0.494 e. The van der Waals surface area contributed by atoms with E-state index in [0.717, 1.165) is 17.7 Å². The van der Waals surface area contributed by atoms with Crippen LogP contribution in [0.3, 0.4) is 0 Å². The van der Waals surface area contributed by atoms with Crippen molar-refractivity contribution in [1.82, 2.24) is 10.2 Å². The monoisotopic (exact) mass is 384 g/mol. The molecule has 8 heteroatoms. The summed E-state index contributed by atoms with van der Waals surface area (Å²) in [6.07, 6.45) is 0.297. The lowest BCUT2D eigenvalue weighted by Gasteiger charge is -2.23. The highest BCUT2D eigenvalue weighted by Gasteiger charge is 2.35. The van der Waals surface area contributed by atoms with Crippen LogP contribution in [0, 0.1) is 0 Å². The summed E-state index contributed by atoms with van der Waals surface area (Å²) >= 11 is 0. The van der Waals surface area contributed by atoms with Gasteiger partial charge < -0.3 is 15.0 Å². The number of likely N-dealkylation sites (tertiary alicyclic amines) is 1. The van der Waals surface area contributed by atoms with Crippen LogP contribution in [0.25, 0.3) is 6.08 Å². The first kappa shape index (κ1) is 20.8. The maximum Gasteiger partial charge on any atom is 0.405 e. The van der Waals surface area contributed by atoms with E-state index >= 15 is 0 Å². The predicted molar refractivity (Wildman–Crippen MR) is 95.1 cm³/mol. The predicted octanol–water partition coefficient (Wildman–Crippen LogP) is 3.16. The van der Waals surface area contributed by atoms with Gasteiger partial charge in [-0.1, -0.05) is 19.1 Å². The molecule has 0 radical (unpaired) electrons. The standard InChI is InChI=1S/C19H23F3N2O3/c1-2-12-27-15-8-5-14(6-9-15)7-10-17(25)24-11-3-4-16(24)18(26)23-13-19(20,21)22/h5-10,16H,2-4,11-13H2,1H3,(H,23,26). The Morgan fingerprint density at radius 1 is 1.30 bits per heavy atom. The third kappa shape index (κ3) is 6.62. The van der Waals surface area contributed by atoms with Crippen molar-refractivity contribution in [2.24, 2.45) is 0 Å². The SMILES string of the molecule is CCCOc1ccc(C=CC(=O)N2CCCC2C(=O)NCC(F)(F)F)cc1. The molecule has 1 unspecified atom stereocenters. The number of alkyl halides is 3. The summed E-state index contributed by atoms with van der Waals surface area (Å²) in [4.78, 5) is 25.6. The smallest absolute Gasteiger partial charge is 0.405 e. The average Bonchev–Trinajstić information content (AvgIpc) is 3.12. The Balaban J connectivity index is 1.93. The average molecular weight is 384 g/mol. The van der Waals surface area contributed by atoms with Gasteiger partial charge in [0.05, 0.1) is 6.61 Å². The highest BCUT2D eigenvalue weighted by molar-refractivity contribution is 5.96. The fourth-order valence-corrected chi connectivity index (χ4v) is 2.77. The maximum atomic E-state index is 12.4. The summed E-state index contributed by atoms with van der Waals surface area (Å²) in [6, 6.07) is 6.32. The molecule has 148 valence electrons. The first-order valence-electron chi connectivity index (χ1n) is 8.86. The molecule has 5 nitrogen and oxygen atoms in total. The molecule has 1 saturated heterocycles. The van der Waals surface area contributed by atoms with Crippen LogP contribution in [-0.2, 0) is 9.59 Å². The van der Waals surface area contributed by atoms with Crippen molar-refractivity contribution in [2.45, 2.75) is 38.4 Å². The van der Waals surface area contributed by atoms with E-state index in [4.69, 9.17) is 4.74 Å². The first-order valence-corrected chi connectivity index (χ1v) is 8.86. The number of nitrogens with zero attached hydrogens (tertiary/aromatic N) is 1. The number of hydrogen-bond donors (Lipinski definition) is 1. The van der Waals surface area contributed by atoms with Crippen molar-refractivity contribution < 1.29 is 27.5 Å². The zero-order chi connectivity index (χ0) is 19.9. The molecule has 1 aliphatic heterocycles. The van der Waals surface area contributed by atoms with Gasteiger partial charge >= 0.3 is 6.18 Å². The van der Waals surface area contributed by atoms with Crippen molar-refractivity contribution in [3.05, 3.63) is 35.9 Å². The van der Waals surface area contributed by atoms with E-state index in [1.165, 1.54) is 11.0 Å². The van der Waals surface area contributed by atoms with Gasteiger partial charge in [-0.05, 0) is 43.0 Å². The zero-order valence-electron chi connectivity index (χ0n) is 15.1. The van der Waals surface area contributed by atoms with Crippen LogP contribution >= 0.6 is 0 Å². The molecule has 0 saturated carbocycles. The van der Waals surface area contributed by atoms with Crippen LogP contribution in [0.5, 0.6) is 5.75 Å². The minimum atomic E-state index is -4.48. The van der Waals surface area contributed by atoms with Gasteiger partial charge in [-0.25, -0.2) is 0 Å². The number of halogens is 3. The van der Waals surface area contributed by atoms with Gasteiger partial charge in [0.15, 0.2) is 0 Å². The van der Waals surface area contributed by atoms with Gasteiger partial charge in [0.1, 0.15) is 18.3 Å². The summed E-state index contributed by atoms with van der Waals surface area (Å²) in [5.41, 5.74) is 0.782. The van der Waals surface area contributed by atoms with Crippen LogP contribution in [0.4, 0.5) is 13.2 Å².